The van der Waals surface area contributed by atoms with Crippen molar-refractivity contribution in [2.24, 2.45) is 0 Å². The van der Waals surface area contributed by atoms with Crippen LogP contribution >= 0.6 is 11.8 Å². The van der Waals surface area contributed by atoms with Crippen molar-refractivity contribution in [3.63, 3.8) is 0 Å². The average Bonchev–Trinajstić information content (AvgIpc) is 2.94. The maximum atomic E-state index is 12.9. The van der Waals surface area contributed by atoms with Gasteiger partial charge in [0.1, 0.15) is 5.82 Å². The van der Waals surface area contributed by atoms with Gasteiger partial charge in [-0.1, -0.05) is 12.1 Å². The Balaban J connectivity index is 1.53. The number of benzene rings is 1. The van der Waals surface area contributed by atoms with Crippen LogP contribution in [-0.4, -0.2) is 59.4 Å². The quantitative estimate of drug-likeness (QED) is 0.854. The van der Waals surface area contributed by atoms with Crippen molar-refractivity contribution >= 4 is 17.7 Å². The van der Waals surface area contributed by atoms with Crippen LogP contribution in [0.4, 0.5) is 4.39 Å². The second kappa shape index (κ2) is 7.47. The van der Waals surface area contributed by atoms with Crippen LogP contribution < -0.4 is 0 Å². The molecule has 3 nitrogen and oxygen atoms in total. The molecule has 0 bridgehead atoms. The van der Waals surface area contributed by atoms with E-state index in [9.17, 15) is 9.18 Å². The standard InChI is InChI=1S/C17H23FN2OS/c18-15-4-2-14(3-5-15)12-17(21)20-8-1-7-19(9-10-20)16-6-11-22-13-16/h2-5,16H,1,6-13H2. The van der Waals surface area contributed by atoms with Gasteiger partial charge in [0.05, 0.1) is 6.42 Å². The summed E-state index contributed by atoms with van der Waals surface area (Å²) in [6, 6.07) is 6.95. The number of rotatable bonds is 3. The summed E-state index contributed by atoms with van der Waals surface area (Å²) in [4.78, 5) is 17.0. The van der Waals surface area contributed by atoms with Crippen molar-refractivity contribution < 1.29 is 9.18 Å². The van der Waals surface area contributed by atoms with E-state index in [-0.39, 0.29) is 11.7 Å². The van der Waals surface area contributed by atoms with Gasteiger partial charge in [-0.15, -0.1) is 0 Å². The fourth-order valence-corrected chi connectivity index (χ4v) is 4.51. The van der Waals surface area contributed by atoms with E-state index >= 15 is 0 Å². The van der Waals surface area contributed by atoms with Crippen LogP contribution in [-0.2, 0) is 11.2 Å². The van der Waals surface area contributed by atoms with Crippen LogP contribution in [0.3, 0.4) is 0 Å². The van der Waals surface area contributed by atoms with Gasteiger partial charge in [-0.2, -0.15) is 11.8 Å². The van der Waals surface area contributed by atoms with Gasteiger partial charge >= 0.3 is 0 Å². The number of carbonyl (C=O) groups is 1. The summed E-state index contributed by atoms with van der Waals surface area (Å²) < 4.78 is 12.9. The van der Waals surface area contributed by atoms with E-state index in [1.54, 1.807) is 12.1 Å². The van der Waals surface area contributed by atoms with Crippen LogP contribution in [0.15, 0.2) is 24.3 Å². The average molecular weight is 322 g/mol. The van der Waals surface area contributed by atoms with Gasteiger partial charge in [-0.25, -0.2) is 4.39 Å². The zero-order valence-corrected chi connectivity index (χ0v) is 13.7. The first-order valence-corrected chi connectivity index (χ1v) is 9.22. The predicted octanol–water partition coefficient (Wildman–Crippen LogP) is 2.41. The first-order chi connectivity index (χ1) is 10.7. The number of halogens is 1. The van der Waals surface area contributed by atoms with Gasteiger partial charge in [-0.3, -0.25) is 9.69 Å². The van der Waals surface area contributed by atoms with E-state index in [1.165, 1.54) is 30.1 Å². The number of thioether (sulfide) groups is 1. The lowest BCUT2D eigenvalue weighted by molar-refractivity contribution is -0.130. The molecule has 0 aromatic heterocycles. The number of carbonyl (C=O) groups excluding carboxylic acids is 1. The van der Waals surface area contributed by atoms with E-state index < -0.39 is 0 Å². The number of nitrogens with zero attached hydrogens (tertiary/aromatic N) is 2. The van der Waals surface area contributed by atoms with E-state index in [4.69, 9.17) is 0 Å². The molecule has 0 radical (unpaired) electrons. The molecule has 1 amide bonds. The highest BCUT2D eigenvalue weighted by molar-refractivity contribution is 7.99. The van der Waals surface area contributed by atoms with Gasteiger partial charge in [0.2, 0.25) is 5.91 Å². The molecule has 1 unspecified atom stereocenters. The molecule has 2 aliphatic heterocycles. The minimum Gasteiger partial charge on any atom is -0.341 e. The molecule has 5 heteroatoms. The molecule has 2 saturated heterocycles. The lowest BCUT2D eigenvalue weighted by Gasteiger charge is -2.26. The highest BCUT2D eigenvalue weighted by Gasteiger charge is 2.26. The zero-order chi connectivity index (χ0) is 15.4. The Morgan fingerprint density at radius 1 is 1.18 bits per heavy atom. The van der Waals surface area contributed by atoms with Gasteiger partial charge < -0.3 is 4.90 Å². The highest BCUT2D eigenvalue weighted by atomic mass is 32.2. The Morgan fingerprint density at radius 2 is 2.00 bits per heavy atom. The summed E-state index contributed by atoms with van der Waals surface area (Å²) in [6.07, 6.45) is 2.71. The number of amides is 1. The summed E-state index contributed by atoms with van der Waals surface area (Å²) >= 11 is 2.04. The first kappa shape index (κ1) is 15.8. The molecule has 2 aliphatic rings. The highest BCUT2D eigenvalue weighted by Crippen LogP contribution is 2.23. The largest absolute Gasteiger partial charge is 0.341 e. The maximum Gasteiger partial charge on any atom is 0.227 e. The predicted molar refractivity (Wildman–Crippen MR) is 88.6 cm³/mol. The molecule has 120 valence electrons. The minimum absolute atomic E-state index is 0.161. The van der Waals surface area contributed by atoms with E-state index in [0.29, 0.717) is 12.5 Å². The van der Waals surface area contributed by atoms with Crippen LogP contribution in [0.2, 0.25) is 0 Å². The van der Waals surface area contributed by atoms with E-state index in [2.05, 4.69) is 4.90 Å². The van der Waals surface area contributed by atoms with Gasteiger partial charge in [0.15, 0.2) is 0 Å². The SMILES string of the molecule is O=C(Cc1ccc(F)cc1)N1CCCN(C2CCSC2)CC1. The second-order valence-corrected chi connectivity index (χ2v) is 7.24. The topological polar surface area (TPSA) is 23.6 Å². The Morgan fingerprint density at radius 3 is 2.73 bits per heavy atom. The lowest BCUT2D eigenvalue weighted by Crippen LogP contribution is -2.40. The van der Waals surface area contributed by atoms with Gasteiger partial charge in [-0.05, 0) is 36.3 Å². The minimum atomic E-state index is -0.254. The Labute approximate surface area is 135 Å². The molecule has 1 aromatic rings. The van der Waals surface area contributed by atoms with E-state index in [0.717, 1.165) is 38.2 Å². The Hall–Kier alpha value is -1.07. The molecule has 1 aromatic carbocycles. The summed E-state index contributed by atoms with van der Waals surface area (Å²) in [5.74, 6) is 2.42. The molecule has 2 fully saturated rings. The molecule has 0 saturated carbocycles. The summed E-state index contributed by atoms with van der Waals surface area (Å²) in [5.41, 5.74) is 0.889. The number of hydrogen-bond donors (Lipinski definition) is 0. The summed E-state index contributed by atoms with van der Waals surface area (Å²) in [7, 11) is 0. The third-order valence-electron chi connectivity index (χ3n) is 4.57. The van der Waals surface area contributed by atoms with Crippen molar-refractivity contribution in [2.75, 3.05) is 37.7 Å². The molecular weight excluding hydrogens is 299 g/mol. The van der Waals surface area contributed by atoms with Crippen molar-refractivity contribution in [1.82, 2.24) is 9.80 Å². The van der Waals surface area contributed by atoms with Crippen molar-refractivity contribution in [3.05, 3.63) is 35.6 Å². The third kappa shape index (κ3) is 4.02. The zero-order valence-electron chi connectivity index (χ0n) is 12.8. The molecule has 0 spiro atoms. The van der Waals surface area contributed by atoms with Crippen molar-refractivity contribution in [2.45, 2.75) is 25.3 Å². The normalized spacial score (nSPS) is 23.5. The molecule has 1 atom stereocenters. The molecule has 22 heavy (non-hydrogen) atoms. The molecular formula is C17H23FN2OS. The maximum absolute atomic E-state index is 12.9. The monoisotopic (exact) mass is 322 g/mol. The van der Waals surface area contributed by atoms with Crippen LogP contribution in [0.1, 0.15) is 18.4 Å². The van der Waals surface area contributed by atoms with E-state index in [1.807, 2.05) is 16.7 Å². The summed E-state index contributed by atoms with van der Waals surface area (Å²) in [6.45, 7) is 3.75. The number of hydrogen-bond acceptors (Lipinski definition) is 3. The smallest absolute Gasteiger partial charge is 0.227 e. The Bertz CT molecular complexity index is 502. The summed E-state index contributed by atoms with van der Waals surface area (Å²) in [5, 5.41) is 0. The molecule has 2 heterocycles. The molecule has 0 aliphatic carbocycles. The van der Waals surface area contributed by atoms with Gasteiger partial charge in [0.25, 0.3) is 0 Å². The molecule has 3 rings (SSSR count). The van der Waals surface area contributed by atoms with Crippen LogP contribution in [0, 0.1) is 5.82 Å². The van der Waals surface area contributed by atoms with Gasteiger partial charge in [0, 0.05) is 38.0 Å². The fourth-order valence-electron chi connectivity index (χ4n) is 3.25. The fraction of sp³-hybridized carbons (Fsp3) is 0.588. The molecule has 0 N–H and O–H groups in total. The first-order valence-electron chi connectivity index (χ1n) is 8.06. The van der Waals surface area contributed by atoms with Crippen LogP contribution in [0.25, 0.3) is 0 Å². The second-order valence-electron chi connectivity index (χ2n) is 6.09. The Kier molecular flexibility index (Phi) is 5.37. The van der Waals surface area contributed by atoms with Crippen molar-refractivity contribution in [3.8, 4) is 0 Å². The van der Waals surface area contributed by atoms with Crippen LogP contribution in [0.5, 0.6) is 0 Å². The van der Waals surface area contributed by atoms with Crippen molar-refractivity contribution in [1.29, 1.82) is 0 Å². The lowest BCUT2D eigenvalue weighted by atomic mass is 10.1. The third-order valence-corrected chi connectivity index (χ3v) is 5.72.